The maximum absolute atomic E-state index is 11.7. The predicted molar refractivity (Wildman–Crippen MR) is 75.0 cm³/mol. The van der Waals surface area contributed by atoms with E-state index in [4.69, 9.17) is 10.7 Å². The minimum Gasteiger partial charge on any atom is -0.291 e. The van der Waals surface area contributed by atoms with Gasteiger partial charge in [0.2, 0.25) is 0 Å². The first-order chi connectivity index (χ1) is 9.03. The average molecular weight is 318 g/mol. The van der Waals surface area contributed by atoms with Crippen LogP contribution in [0.3, 0.4) is 0 Å². The number of nitrogens with zero attached hydrogens (tertiary/aromatic N) is 5. The average Bonchev–Trinajstić information content (AvgIpc) is 2.83. The van der Waals surface area contributed by atoms with Crippen molar-refractivity contribution in [1.82, 2.24) is 24.5 Å². The van der Waals surface area contributed by atoms with Crippen LogP contribution in [0.4, 0.5) is 0 Å². The van der Waals surface area contributed by atoms with Crippen LogP contribution in [0, 0.1) is 6.92 Å². The highest BCUT2D eigenvalue weighted by Crippen LogP contribution is 2.30. The monoisotopic (exact) mass is 317 g/mol. The second-order valence-corrected chi connectivity index (χ2v) is 7.98. The van der Waals surface area contributed by atoms with E-state index in [0.29, 0.717) is 5.82 Å². The van der Waals surface area contributed by atoms with Gasteiger partial charge in [0.15, 0.2) is 5.82 Å². The third-order valence-corrected chi connectivity index (χ3v) is 4.11. The lowest BCUT2D eigenvalue weighted by Gasteiger charge is -2.23. The Labute approximate surface area is 122 Å². The van der Waals surface area contributed by atoms with Crippen molar-refractivity contribution in [3.63, 3.8) is 0 Å². The lowest BCUT2D eigenvalue weighted by atomic mass is 10.1. The zero-order valence-electron chi connectivity index (χ0n) is 11.9. The van der Waals surface area contributed by atoms with Crippen LogP contribution in [0.5, 0.6) is 0 Å². The minimum atomic E-state index is -3.98. The molecule has 0 atom stereocenters. The molecule has 0 aromatic carbocycles. The fourth-order valence-corrected chi connectivity index (χ4v) is 2.94. The molecule has 2 rings (SSSR count). The molecule has 0 aliphatic heterocycles. The molecule has 0 bridgehead atoms. The summed E-state index contributed by atoms with van der Waals surface area (Å²) in [6.07, 6.45) is 1.63. The van der Waals surface area contributed by atoms with Gasteiger partial charge >= 0.3 is 0 Å². The fraction of sp³-hybridized carbons (Fsp3) is 0.545. The van der Waals surface area contributed by atoms with Crippen LogP contribution in [0.2, 0.25) is 0 Å². The molecule has 2 aromatic heterocycles. The predicted octanol–water partition coefficient (Wildman–Crippen LogP) is 1.67. The number of hydrogen-bond donors (Lipinski definition) is 0. The molecule has 0 spiro atoms. The highest BCUT2D eigenvalue weighted by atomic mass is 35.7. The standard InChI is InChI=1S/C11H16ClN5O2S/c1-7-8(6-13-16(7)5)9-14-15-10(20(12,18)19)17(9)11(2,3)4/h6H,1-5H3. The van der Waals surface area contributed by atoms with Crippen molar-refractivity contribution in [1.29, 1.82) is 0 Å². The molecule has 0 aliphatic carbocycles. The molecule has 0 saturated carbocycles. The fourth-order valence-electron chi connectivity index (χ4n) is 1.93. The summed E-state index contributed by atoms with van der Waals surface area (Å²) in [6.45, 7) is 7.45. The van der Waals surface area contributed by atoms with Crippen molar-refractivity contribution >= 4 is 19.7 Å². The summed E-state index contributed by atoms with van der Waals surface area (Å²) in [5, 5.41) is 11.6. The quantitative estimate of drug-likeness (QED) is 0.787. The van der Waals surface area contributed by atoms with Crippen molar-refractivity contribution in [2.45, 2.75) is 38.4 Å². The van der Waals surface area contributed by atoms with E-state index in [-0.39, 0.29) is 5.16 Å². The Morgan fingerprint density at radius 2 is 1.85 bits per heavy atom. The molecule has 20 heavy (non-hydrogen) atoms. The van der Waals surface area contributed by atoms with Crippen molar-refractivity contribution in [2.24, 2.45) is 7.05 Å². The topological polar surface area (TPSA) is 82.7 Å². The number of aryl methyl sites for hydroxylation is 1. The third-order valence-electron chi connectivity index (χ3n) is 3.00. The summed E-state index contributed by atoms with van der Waals surface area (Å²) < 4.78 is 26.5. The van der Waals surface area contributed by atoms with Gasteiger partial charge in [-0.15, -0.1) is 10.2 Å². The second-order valence-electron chi connectivity index (χ2n) is 5.52. The zero-order chi connectivity index (χ0) is 15.3. The number of halogens is 1. The van der Waals surface area contributed by atoms with E-state index in [1.54, 1.807) is 17.9 Å². The van der Waals surface area contributed by atoms with Crippen LogP contribution in [0.15, 0.2) is 11.4 Å². The Balaban J connectivity index is 2.80. The molecular weight excluding hydrogens is 302 g/mol. The van der Waals surface area contributed by atoms with Crippen molar-refractivity contribution in [2.75, 3.05) is 0 Å². The maximum Gasteiger partial charge on any atom is 0.296 e. The van der Waals surface area contributed by atoms with E-state index in [1.165, 1.54) is 4.57 Å². The van der Waals surface area contributed by atoms with Gasteiger partial charge in [0.25, 0.3) is 14.2 Å². The van der Waals surface area contributed by atoms with Gasteiger partial charge in [-0.1, -0.05) is 0 Å². The molecule has 2 heterocycles. The third kappa shape index (κ3) is 2.45. The zero-order valence-corrected chi connectivity index (χ0v) is 13.5. The Morgan fingerprint density at radius 3 is 2.25 bits per heavy atom. The molecule has 0 aliphatic rings. The van der Waals surface area contributed by atoms with Gasteiger partial charge in [0.1, 0.15) is 0 Å². The number of rotatable bonds is 2. The Kier molecular flexibility index (Phi) is 3.42. The minimum absolute atomic E-state index is 0.259. The molecule has 110 valence electrons. The smallest absolute Gasteiger partial charge is 0.291 e. The van der Waals surface area contributed by atoms with E-state index in [9.17, 15) is 8.42 Å². The van der Waals surface area contributed by atoms with Gasteiger partial charge < -0.3 is 0 Å². The van der Waals surface area contributed by atoms with Crippen LogP contribution in [-0.2, 0) is 21.6 Å². The summed E-state index contributed by atoms with van der Waals surface area (Å²) >= 11 is 0. The first-order valence-corrected chi connectivity index (χ1v) is 8.24. The van der Waals surface area contributed by atoms with Gasteiger partial charge in [-0.25, -0.2) is 8.42 Å². The van der Waals surface area contributed by atoms with Crippen molar-refractivity contribution in [3.05, 3.63) is 11.9 Å². The second kappa shape index (κ2) is 4.56. The Bertz CT molecular complexity index is 754. The molecular formula is C11H16ClN5O2S. The molecule has 7 nitrogen and oxygen atoms in total. The van der Waals surface area contributed by atoms with E-state index < -0.39 is 14.6 Å². The first-order valence-electron chi connectivity index (χ1n) is 5.93. The summed E-state index contributed by atoms with van der Waals surface area (Å²) in [6, 6.07) is 0. The lowest BCUT2D eigenvalue weighted by molar-refractivity contribution is 0.367. The van der Waals surface area contributed by atoms with Crippen LogP contribution in [0.25, 0.3) is 11.4 Å². The van der Waals surface area contributed by atoms with E-state index in [0.717, 1.165) is 11.3 Å². The first kappa shape index (κ1) is 15.0. The van der Waals surface area contributed by atoms with E-state index in [1.807, 2.05) is 27.7 Å². The Morgan fingerprint density at radius 1 is 1.25 bits per heavy atom. The summed E-state index contributed by atoms with van der Waals surface area (Å²) in [7, 11) is 3.27. The highest BCUT2D eigenvalue weighted by molar-refractivity contribution is 8.13. The lowest BCUT2D eigenvalue weighted by Crippen LogP contribution is -2.26. The van der Waals surface area contributed by atoms with E-state index >= 15 is 0 Å². The normalized spacial score (nSPS) is 12.9. The molecule has 0 saturated heterocycles. The van der Waals surface area contributed by atoms with Gasteiger partial charge in [-0.2, -0.15) is 5.10 Å². The molecule has 0 fully saturated rings. The van der Waals surface area contributed by atoms with Gasteiger partial charge in [0, 0.05) is 29.0 Å². The van der Waals surface area contributed by atoms with Crippen LogP contribution >= 0.6 is 10.7 Å². The summed E-state index contributed by atoms with van der Waals surface area (Å²) in [5.74, 6) is 0.433. The number of aromatic nitrogens is 5. The SMILES string of the molecule is Cc1c(-c2nnc(S(=O)(=O)Cl)n2C(C)(C)C)cnn1C. The molecule has 9 heteroatoms. The Hall–Kier alpha value is -1.41. The van der Waals surface area contributed by atoms with Crippen LogP contribution in [-0.4, -0.2) is 33.0 Å². The summed E-state index contributed by atoms with van der Waals surface area (Å²) in [5.41, 5.74) is 1.04. The molecule has 2 aromatic rings. The largest absolute Gasteiger partial charge is 0.296 e. The van der Waals surface area contributed by atoms with Gasteiger partial charge in [-0.3, -0.25) is 9.25 Å². The summed E-state index contributed by atoms with van der Waals surface area (Å²) in [4.78, 5) is 0. The van der Waals surface area contributed by atoms with Gasteiger partial charge in [0.05, 0.1) is 11.8 Å². The van der Waals surface area contributed by atoms with Crippen LogP contribution < -0.4 is 0 Å². The molecule has 0 radical (unpaired) electrons. The highest BCUT2D eigenvalue weighted by Gasteiger charge is 2.31. The maximum atomic E-state index is 11.7. The molecule has 0 unspecified atom stereocenters. The molecule has 0 amide bonds. The van der Waals surface area contributed by atoms with Gasteiger partial charge in [-0.05, 0) is 27.7 Å². The van der Waals surface area contributed by atoms with Crippen molar-refractivity contribution in [3.8, 4) is 11.4 Å². The van der Waals surface area contributed by atoms with E-state index in [2.05, 4.69) is 15.3 Å². The number of hydrogen-bond acceptors (Lipinski definition) is 5. The van der Waals surface area contributed by atoms with Crippen molar-refractivity contribution < 1.29 is 8.42 Å². The van der Waals surface area contributed by atoms with Crippen LogP contribution in [0.1, 0.15) is 26.5 Å². The molecule has 0 N–H and O–H groups in total.